The minimum absolute atomic E-state index is 0.0707. The van der Waals surface area contributed by atoms with Gasteiger partial charge in [-0.2, -0.15) is 23.5 Å². The van der Waals surface area contributed by atoms with E-state index < -0.39 is 17.3 Å². The maximum absolute atomic E-state index is 12.6. The molecule has 0 amide bonds. The van der Waals surface area contributed by atoms with Crippen LogP contribution in [0.15, 0.2) is 29.1 Å². The number of aromatic amines is 1. The highest BCUT2D eigenvalue weighted by Crippen LogP contribution is 2.29. The van der Waals surface area contributed by atoms with Crippen LogP contribution < -0.4 is 5.56 Å². The minimum Gasteiger partial charge on any atom is -0.267 e. The number of alkyl halides is 3. The van der Waals surface area contributed by atoms with Crippen LogP contribution >= 0.6 is 0 Å². The summed E-state index contributed by atoms with van der Waals surface area (Å²) in [5.41, 5.74) is -0.405. The van der Waals surface area contributed by atoms with Crippen LogP contribution in [0.25, 0.3) is 12.2 Å². The van der Waals surface area contributed by atoms with Gasteiger partial charge in [-0.15, -0.1) is 0 Å². The zero-order valence-electron chi connectivity index (χ0n) is 11.4. The quantitative estimate of drug-likeness (QED) is 0.926. The normalized spacial score (nSPS) is 11.6. The molecule has 1 N–H and O–H groups in total. The SMILES string of the molecule is Cc1c(/C=C/c2cccc(C(F)(F)F)c2)n[nH]c(=O)c1C#N. The Bertz CT molecular complexity index is 829. The summed E-state index contributed by atoms with van der Waals surface area (Å²) in [6.07, 6.45) is -1.53. The Kier molecular flexibility index (Phi) is 4.13. The van der Waals surface area contributed by atoms with E-state index in [0.29, 0.717) is 16.8 Å². The molecule has 2 aromatic rings. The fourth-order valence-electron chi connectivity index (χ4n) is 1.84. The van der Waals surface area contributed by atoms with Crippen molar-refractivity contribution in [2.24, 2.45) is 0 Å². The van der Waals surface area contributed by atoms with Crippen LogP contribution in [0.1, 0.15) is 27.9 Å². The summed E-state index contributed by atoms with van der Waals surface area (Å²) in [5, 5.41) is 14.8. The van der Waals surface area contributed by atoms with E-state index in [1.165, 1.54) is 24.3 Å². The molecule has 22 heavy (non-hydrogen) atoms. The summed E-state index contributed by atoms with van der Waals surface area (Å²) in [4.78, 5) is 11.4. The highest BCUT2D eigenvalue weighted by atomic mass is 19.4. The van der Waals surface area contributed by atoms with Crippen molar-refractivity contribution in [1.82, 2.24) is 10.2 Å². The van der Waals surface area contributed by atoms with Gasteiger partial charge in [0.25, 0.3) is 5.56 Å². The van der Waals surface area contributed by atoms with E-state index in [1.807, 2.05) is 0 Å². The fraction of sp³-hybridized carbons (Fsp3) is 0.133. The van der Waals surface area contributed by atoms with Crippen LogP contribution in [0.3, 0.4) is 0 Å². The average Bonchev–Trinajstić information content (AvgIpc) is 2.46. The second kappa shape index (κ2) is 5.85. The molecule has 0 aliphatic carbocycles. The molecule has 0 bridgehead atoms. The first-order valence-corrected chi connectivity index (χ1v) is 6.17. The fourth-order valence-corrected chi connectivity index (χ4v) is 1.84. The molecule has 1 aromatic carbocycles. The van der Waals surface area contributed by atoms with Gasteiger partial charge < -0.3 is 0 Å². The van der Waals surface area contributed by atoms with Crippen molar-refractivity contribution in [3.8, 4) is 6.07 Å². The molecule has 0 atom stereocenters. The number of benzene rings is 1. The third kappa shape index (κ3) is 3.23. The number of halogens is 3. The summed E-state index contributed by atoms with van der Waals surface area (Å²) in [6.45, 7) is 1.55. The second-order valence-corrected chi connectivity index (χ2v) is 4.51. The molecule has 0 aliphatic heterocycles. The number of aromatic nitrogens is 2. The van der Waals surface area contributed by atoms with Gasteiger partial charge in [0.05, 0.1) is 11.3 Å². The molecule has 0 unspecified atom stereocenters. The molecule has 1 heterocycles. The van der Waals surface area contributed by atoms with E-state index >= 15 is 0 Å². The van der Waals surface area contributed by atoms with Gasteiger partial charge in [-0.25, -0.2) is 5.10 Å². The minimum atomic E-state index is -4.41. The maximum atomic E-state index is 12.6. The lowest BCUT2D eigenvalue weighted by Gasteiger charge is -2.06. The molecular weight excluding hydrogens is 295 g/mol. The molecule has 0 spiro atoms. The number of H-pyrrole nitrogens is 1. The van der Waals surface area contributed by atoms with Crippen LogP contribution in [-0.2, 0) is 6.18 Å². The number of rotatable bonds is 2. The van der Waals surface area contributed by atoms with Crippen molar-refractivity contribution < 1.29 is 13.2 Å². The van der Waals surface area contributed by atoms with Crippen LogP contribution in [0.4, 0.5) is 13.2 Å². The van der Waals surface area contributed by atoms with Crippen LogP contribution in [0.5, 0.6) is 0 Å². The predicted molar refractivity (Wildman–Crippen MR) is 74.7 cm³/mol. The molecule has 2 rings (SSSR count). The van der Waals surface area contributed by atoms with Crippen LogP contribution in [0.2, 0.25) is 0 Å². The lowest BCUT2D eigenvalue weighted by Crippen LogP contribution is -2.15. The topological polar surface area (TPSA) is 69.5 Å². The first kappa shape index (κ1) is 15.5. The van der Waals surface area contributed by atoms with Gasteiger partial charge in [-0.1, -0.05) is 18.2 Å². The Hall–Kier alpha value is -2.88. The number of hydrogen-bond acceptors (Lipinski definition) is 3. The Balaban J connectivity index is 2.38. The maximum Gasteiger partial charge on any atom is 0.416 e. The van der Waals surface area contributed by atoms with Crippen molar-refractivity contribution in [2.75, 3.05) is 0 Å². The summed E-state index contributed by atoms with van der Waals surface area (Å²) in [5.74, 6) is 0. The number of hydrogen-bond donors (Lipinski definition) is 1. The first-order chi connectivity index (χ1) is 10.3. The van der Waals surface area contributed by atoms with Crippen LogP contribution in [0, 0.1) is 18.3 Å². The molecule has 0 aliphatic rings. The van der Waals surface area contributed by atoms with E-state index in [2.05, 4.69) is 10.2 Å². The Labute approximate surface area is 123 Å². The van der Waals surface area contributed by atoms with Crippen molar-refractivity contribution >= 4 is 12.2 Å². The number of nitrogens with one attached hydrogen (secondary N) is 1. The molecule has 112 valence electrons. The summed E-state index contributed by atoms with van der Waals surface area (Å²) in [6, 6.07) is 6.56. The summed E-state index contributed by atoms with van der Waals surface area (Å²) in [7, 11) is 0. The zero-order valence-corrected chi connectivity index (χ0v) is 11.4. The molecule has 0 radical (unpaired) electrons. The highest BCUT2D eigenvalue weighted by Gasteiger charge is 2.30. The lowest BCUT2D eigenvalue weighted by atomic mass is 10.1. The second-order valence-electron chi connectivity index (χ2n) is 4.51. The van der Waals surface area contributed by atoms with Gasteiger partial charge in [0, 0.05) is 0 Å². The molecule has 4 nitrogen and oxygen atoms in total. The Morgan fingerprint density at radius 1 is 1.32 bits per heavy atom. The van der Waals surface area contributed by atoms with Gasteiger partial charge in [0.2, 0.25) is 0 Å². The molecule has 0 fully saturated rings. The van der Waals surface area contributed by atoms with Crippen molar-refractivity contribution in [3.05, 3.63) is 62.6 Å². The Morgan fingerprint density at radius 3 is 2.68 bits per heavy atom. The molecular formula is C15H10F3N3O. The van der Waals surface area contributed by atoms with Crippen molar-refractivity contribution in [1.29, 1.82) is 5.26 Å². The summed E-state index contributed by atoms with van der Waals surface area (Å²) >= 11 is 0. The van der Waals surface area contributed by atoms with Crippen molar-refractivity contribution in [2.45, 2.75) is 13.1 Å². The number of nitriles is 1. The summed E-state index contributed by atoms with van der Waals surface area (Å²) < 4.78 is 37.9. The average molecular weight is 305 g/mol. The van der Waals surface area contributed by atoms with Gasteiger partial charge >= 0.3 is 6.18 Å². The number of nitrogens with zero attached hydrogens (tertiary/aromatic N) is 2. The molecule has 0 saturated carbocycles. The van der Waals surface area contributed by atoms with E-state index in [1.54, 1.807) is 13.0 Å². The monoisotopic (exact) mass is 305 g/mol. The zero-order chi connectivity index (χ0) is 16.3. The van der Waals surface area contributed by atoms with Gasteiger partial charge in [-0.05, 0) is 36.3 Å². The van der Waals surface area contributed by atoms with Gasteiger partial charge in [0.15, 0.2) is 0 Å². The molecule has 0 saturated heterocycles. The van der Waals surface area contributed by atoms with E-state index in [-0.39, 0.29) is 5.56 Å². The van der Waals surface area contributed by atoms with E-state index in [0.717, 1.165) is 12.1 Å². The van der Waals surface area contributed by atoms with E-state index in [4.69, 9.17) is 5.26 Å². The van der Waals surface area contributed by atoms with E-state index in [9.17, 15) is 18.0 Å². The first-order valence-electron chi connectivity index (χ1n) is 6.17. The molecule has 7 heteroatoms. The van der Waals surface area contributed by atoms with Crippen LogP contribution in [-0.4, -0.2) is 10.2 Å². The standard InChI is InChI=1S/C15H10F3N3O/c1-9-12(8-19)14(22)21-20-13(9)6-5-10-3-2-4-11(7-10)15(16,17)18/h2-7H,1H3,(H,21,22)/b6-5+. The Morgan fingerprint density at radius 2 is 2.05 bits per heavy atom. The smallest absolute Gasteiger partial charge is 0.267 e. The van der Waals surface area contributed by atoms with Gasteiger partial charge in [0.1, 0.15) is 11.6 Å². The predicted octanol–water partition coefficient (Wildman–Crippen LogP) is 3.14. The highest BCUT2D eigenvalue weighted by molar-refractivity contribution is 5.70. The third-order valence-corrected chi connectivity index (χ3v) is 3.02. The third-order valence-electron chi connectivity index (χ3n) is 3.02. The van der Waals surface area contributed by atoms with Crippen molar-refractivity contribution in [3.63, 3.8) is 0 Å². The molecule has 1 aromatic heterocycles. The van der Waals surface area contributed by atoms with Gasteiger partial charge in [-0.3, -0.25) is 4.79 Å². The largest absolute Gasteiger partial charge is 0.416 e. The lowest BCUT2D eigenvalue weighted by molar-refractivity contribution is -0.137.